The molecule has 3 N–H and O–H groups in total. The summed E-state index contributed by atoms with van der Waals surface area (Å²) in [7, 11) is -7.90. The summed E-state index contributed by atoms with van der Waals surface area (Å²) in [6.45, 7) is 5.39. The van der Waals surface area contributed by atoms with Crippen LogP contribution in [0, 0.1) is 20.8 Å². The average molecular weight is 552 g/mol. The molecule has 38 heavy (non-hydrogen) atoms. The second-order valence-electron chi connectivity index (χ2n) is 8.62. The minimum absolute atomic E-state index is 0.0278. The fourth-order valence-corrected chi connectivity index (χ4v) is 6.00. The predicted octanol–water partition coefficient (Wildman–Crippen LogP) is 4.26. The second kappa shape index (κ2) is 10.6. The highest BCUT2D eigenvalue weighted by Gasteiger charge is 2.20. The van der Waals surface area contributed by atoms with E-state index in [0.717, 1.165) is 11.1 Å². The Hall–Kier alpha value is -4.29. The molecule has 0 bridgehead atoms. The van der Waals surface area contributed by atoms with Crippen LogP contribution in [-0.4, -0.2) is 32.7 Å². The number of nitrogens with zero attached hydrogens (tertiary/aromatic N) is 2. The van der Waals surface area contributed by atoms with Gasteiger partial charge in [-0.2, -0.15) is 0 Å². The number of carbonyl (C=O) groups is 1. The van der Waals surface area contributed by atoms with Crippen molar-refractivity contribution in [3.8, 4) is 0 Å². The molecular formula is C26H25N5O5S2. The molecule has 0 fully saturated rings. The maximum Gasteiger partial charge on any atom is 0.264 e. The molecular weight excluding hydrogens is 526 g/mol. The van der Waals surface area contributed by atoms with Gasteiger partial charge in [-0.15, -0.1) is 0 Å². The van der Waals surface area contributed by atoms with E-state index < -0.39 is 26.0 Å². The van der Waals surface area contributed by atoms with Gasteiger partial charge in [0.05, 0.1) is 9.79 Å². The zero-order valence-corrected chi connectivity index (χ0v) is 22.4. The summed E-state index contributed by atoms with van der Waals surface area (Å²) in [5, 5.41) is 2.66. The van der Waals surface area contributed by atoms with E-state index in [9.17, 15) is 21.6 Å². The van der Waals surface area contributed by atoms with Crippen molar-refractivity contribution in [2.45, 2.75) is 30.6 Å². The summed E-state index contributed by atoms with van der Waals surface area (Å²) in [6.07, 6.45) is 2.82. The van der Waals surface area contributed by atoms with Gasteiger partial charge in [-0.25, -0.2) is 31.5 Å². The molecule has 0 unspecified atom stereocenters. The van der Waals surface area contributed by atoms with Crippen LogP contribution in [0.2, 0.25) is 0 Å². The summed E-state index contributed by atoms with van der Waals surface area (Å²) < 4.78 is 56.2. The lowest BCUT2D eigenvalue weighted by atomic mass is 10.1. The summed E-state index contributed by atoms with van der Waals surface area (Å²) >= 11 is 0. The van der Waals surface area contributed by atoms with Crippen molar-refractivity contribution in [3.63, 3.8) is 0 Å². The standard InChI is InChI=1S/C26H25N5O5S2/c1-17-13-18(2)15-22(14-17)30-38(35,36)24-16-20(6-5-19(24)3)25(32)29-21-7-9-23(10-8-21)37(33,34)31-26-27-11-4-12-28-26/h4-16,30H,1-3H3,(H,29,32)(H,27,28,31). The Morgan fingerprint density at radius 2 is 1.34 bits per heavy atom. The summed E-state index contributed by atoms with van der Waals surface area (Å²) in [5.74, 6) is -0.624. The highest BCUT2D eigenvalue weighted by molar-refractivity contribution is 7.93. The maximum absolute atomic E-state index is 13.1. The first-order valence-electron chi connectivity index (χ1n) is 11.4. The van der Waals surface area contributed by atoms with Crippen LogP contribution in [0.15, 0.2) is 88.9 Å². The Labute approximate surface area is 221 Å². The van der Waals surface area contributed by atoms with Gasteiger partial charge in [-0.05, 0) is 92.1 Å². The minimum Gasteiger partial charge on any atom is -0.322 e. The summed E-state index contributed by atoms with van der Waals surface area (Å²) in [5.41, 5.74) is 3.17. The molecule has 0 atom stereocenters. The Bertz CT molecular complexity index is 1690. The molecule has 0 spiro atoms. The van der Waals surface area contributed by atoms with Crippen LogP contribution in [0.4, 0.5) is 17.3 Å². The molecule has 1 aromatic heterocycles. The highest BCUT2D eigenvalue weighted by Crippen LogP contribution is 2.23. The number of aromatic nitrogens is 2. The number of sulfonamides is 2. The van der Waals surface area contributed by atoms with Crippen LogP contribution in [0.25, 0.3) is 0 Å². The lowest BCUT2D eigenvalue weighted by Gasteiger charge is -2.13. The van der Waals surface area contributed by atoms with E-state index in [0.29, 0.717) is 16.9 Å². The predicted molar refractivity (Wildman–Crippen MR) is 145 cm³/mol. The van der Waals surface area contributed by atoms with Crippen molar-refractivity contribution < 1.29 is 21.6 Å². The number of aryl methyl sites for hydroxylation is 3. The number of carbonyl (C=O) groups excluding carboxylic acids is 1. The molecule has 10 nitrogen and oxygen atoms in total. The second-order valence-corrected chi connectivity index (χ2v) is 12.0. The van der Waals surface area contributed by atoms with Crippen molar-refractivity contribution in [3.05, 3.63) is 101 Å². The minimum atomic E-state index is -3.97. The lowest BCUT2D eigenvalue weighted by molar-refractivity contribution is 0.102. The molecule has 196 valence electrons. The first-order chi connectivity index (χ1) is 17.9. The zero-order valence-electron chi connectivity index (χ0n) is 20.8. The van der Waals surface area contributed by atoms with Gasteiger partial charge in [0.25, 0.3) is 26.0 Å². The number of hydrogen-bond acceptors (Lipinski definition) is 7. The molecule has 0 saturated heterocycles. The summed E-state index contributed by atoms with van der Waals surface area (Å²) in [6, 6.07) is 16.8. The summed E-state index contributed by atoms with van der Waals surface area (Å²) in [4.78, 5) is 20.5. The molecule has 3 aromatic carbocycles. The van der Waals surface area contributed by atoms with Crippen molar-refractivity contribution in [2.24, 2.45) is 0 Å². The van der Waals surface area contributed by atoms with Crippen LogP contribution in [0.3, 0.4) is 0 Å². The molecule has 1 heterocycles. The maximum atomic E-state index is 13.1. The van der Waals surface area contributed by atoms with Crippen LogP contribution in [0.5, 0.6) is 0 Å². The number of hydrogen-bond donors (Lipinski definition) is 3. The zero-order chi connectivity index (χ0) is 27.5. The van der Waals surface area contributed by atoms with Gasteiger partial charge in [0, 0.05) is 29.3 Å². The SMILES string of the molecule is Cc1cc(C)cc(NS(=O)(=O)c2cc(C(=O)Nc3ccc(S(=O)(=O)Nc4ncccn4)cc3)ccc2C)c1. The molecule has 0 radical (unpaired) electrons. The monoisotopic (exact) mass is 551 g/mol. The Morgan fingerprint density at radius 1 is 0.711 bits per heavy atom. The van der Waals surface area contributed by atoms with E-state index in [-0.39, 0.29) is 21.3 Å². The van der Waals surface area contributed by atoms with Gasteiger partial charge in [0.15, 0.2) is 0 Å². The molecule has 0 aliphatic rings. The van der Waals surface area contributed by atoms with E-state index in [4.69, 9.17) is 0 Å². The van der Waals surface area contributed by atoms with Gasteiger partial charge >= 0.3 is 0 Å². The van der Waals surface area contributed by atoms with Crippen molar-refractivity contribution in [1.82, 2.24) is 9.97 Å². The third-order valence-electron chi connectivity index (χ3n) is 5.43. The third kappa shape index (κ3) is 6.33. The molecule has 0 saturated carbocycles. The van der Waals surface area contributed by atoms with E-state index in [1.54, 1.807) is 31.2 Å². The van der Waals surface area contributed by atoms with E-state index >= 15 is 0 Å². The van der Waals surface area contributed by atoms with E-state index in [1.165, 1.54) is 48.8 Å². The normalized spacial score (nSPS) is 11.6. The Balaban J connectivity index is 1.51. The lowest BCUT2D eigenvalue weighted by Crippen LogP contribution is -2.17. The van der Waals surface area contributed by atoms with Crippen LogP contribution >= 0.6 is 0 Å². The van der Waals surface area contributed by atoms with Gasteiger partial charge in [-0.3, -0.25) is 9.52 Å². The molecule has 12 heteroatoms. The van der Waals surface area contributed by atoms with Gasteiger partial charge in [-0.1, -0.05) is 12.1 Å². The fraction of sp³-hybridized carbons (Fsp3) is 0.115. The van der Waals surface area contributed by atoms with Crippen molar-refractivity contribution >= 4 is 43.3 Å². The van der Waals surface area contributed by atoms with E-state index in [1.807, 2.05) is 19.9 Å². The first-order valence-corrected chi connectivity index (χ1v) is 14.3. The first kappa shape index (κ1) is 26.8. The van der Waals surface area contributed by atoms with Crippen LogP contribution in [0.1, 0.15) is 27.0 Å². The number of amides is 1. The van der Waals surface area contributed by atoms with E-state index in [2.05, 4.69) is 24.7 Å². The topological polar surface area (TPSA) is 147 Å². The number of anilines is 3. The number of nitrogens with one attached hydrogen (secondary N) is 3. The Morgan fingerprint density at radius 3 is 1.97 bits per heavy atom. The molecule has 1 amide bonds. The van der Waals surface area contributed by atoms with Crippen molar-refractivity contribution in [1.29, 1.82) is 0 Å². The largest absolute Gasteiger partial charge is 0.322 e. The molecule has 0 aliphatic heterocycles. The third-order valence-corrected chi connectivity index (χ3v) is 8.30. The smallest absolute Gasteiger partial charge is 0.264 e. The van der Waals surface area contributed by atoms with Gasteiger partial charge in [0.2, 0.25) is 5.95 Å². The highest BCUT2D eigenvalue weighted by atomic mass is 32.2. The molecule has 0 aliphatic carbocycles. The van der Waals surface area contributed by atoms with Gasteiger partial charge < -0.3 is 5.32 Å². The number of benzene rings is 3. The van der Waals surface area contributed by atoms with Crippen molar-refractivity contribution in [2.75, 3.05) is 14.8 Å². The van der Waals surface area contributed by atoms with Gasteiger partial charge in [0.1, 0.15) is 0 Å². The number of rotatable bonds is 8. The molecule has 4 aromatic rings. The quantitative estimate of drug-likeness (QED) is 0.296. The Kier molecular flexibility index (Phi) is 7.46. The fourth-order valence-electron chi connectivity index (χ4n) is 3.73. The van der Waals surface area contributed by atoms with Crippen LogP contribution < -0.4 is 14.8 Å². The average Bonchev–Trinajstić information content (AvgIpc) is 2.84. The van der Waals surface area contributed by atoms with Crippen LogP contribution in [-0.2, 0) is 20.0 Å². The molecule has 4 rings (SSSR count).